The highest BCUT2D eigenvalue weighted by Crippen LogP contribution is 2.32. The molecule has 1 aliphatic carbocycles. The van der Waals surface area contributed by atoms with Gasteiger partial charge in [0.2, 0.25) is 4.77 Å². The number of hydrogen-bond acceptors (Lipinski definition) is 5. The lowest BCUT2D eigenvalue weighted by atomic mass is 9.89. The molecule has 0 unspecified atom stereocenters. The van der Waals surface area contributed by atoms with Crippen LogP contribution in [0.1, 0.15) is 70.2 Å². The van der Waals surface area contributed by atoms with E-state index in [1.165, 1.54) is 19.3 Å². The summed E-state index contributed by atoms with van der Waals surface area (Å²) in [4.78, 5) is 0. The normalized spacial score (nSPS) is 15.6. The van der Waals surface area contributed by atoms with E-state index in [0.717, 1.165) is 35.7 Å². The molecule has 146 valence electrons. The molecule has 0 spiro atoms. The van der Waals surface area contributed by atoms with Gasteiger partial charge in [-0.1, -0.05) is 19.3 Å². The molecule has 0 aliphatic heterocycles. The highest BCUT2D eigenvalue weighted by atomic mass is 32.1. The molecular weight excluding hydrogens is 360 g/mol. The van der Waals surface area contributed by atoms with Crippen molar-refractivity contribution in [2.75, 3.05) is 6.61 Å². The Bertz CT molecular complexity index is 835. The summed E-state index contributed by atoms with van der Waals surface area (Å²) in [6.45, 7) is 6.53. The van der Waals surface area contributed by atoms with Crippen molar-refractivity contribution in [1.29, 1.82) is 0 Å². The second-order valence-corrected chi connectivity index (χ2v) is 7.47. The topological polar surface area (TPSA) is 64.4 Å². The standard InChI is InChI=1S/C20H28N4O2S/c1-4-25-18-12-15(10-11-17(18)26-14(2)3)13-21-24-19(22-23-20(24)27)16-8-6-5-7-9-16/h10-14,16H,4-9H2,1-3H3,(H,23,27)/b21-13-. The van der Waals surface area contributed by atoms with Crippen molar-refractivity contribution in [2.45, 2.75) is 64.9 Å². The minimum atomic E-state index is 0.0889. The zero-order valence-electron chi connectivity index (χ0n) is 16.3. The molecule has 27 heavy (non-hydrogen) atoms. The molecule has 0 amide bonds. The predicted octanol–water partition coefficient (Wildman–Crippen LogP) is 5.06. The summed E-state index contributed by atoms with van der Waals surface area (Å²) in [5, 5.41) is 11.9. The fourth-order valence-corrected chi connectivity index (χ4v) is 3.58. The Labute approximate surface area is 165 Å². The van der Waals surface area contributed by atoms with E-state index in [-0.39, 0.29) is 6.10 Å². The van der Waals surface area contributed by atoms with Gasteiger partial charge in [-0.3, -0.25) is 5.10 Å². The third-order valence-corrected chi connectivity index (χ3v) is 4.86. The van der Waals surface area contributed by atoms with Crippen LogP contribution in [-0.2, 0) is 0 Å². The van der Waals surface area contributed by atoms with Crippen LogP contribution < -0.4 is 9.47 Å². The number of H-pyrrole nitrogens is 1. The average Bonchev–Trinajstić information content (AvgIpc) is 3.03. The zero-order chi connectivity index (χ0) is 19.2. The number of rotatable bonds is 7. The van der Waals surface area contributed by atoms with E-state index in [1.54, 1.807) is 10.9 Å². The lowest BCUT2D eigenvalue weighted by molar-refractivity contribution is 0.224. The number of aromatic amines is 1. The Balaban J connectivity index is 1.84. The molecule has 6 nitrogen and oxygen atoms in total. The van der Waals surface area contributed by atoms with Crippen LogP contribution in [0.15, 0.2) is 23.3 Å². The molecule has 1 aliphatic rings. The Morgan fingerprint density at radius 1 is 1.30 bits per heavy atom. The molecule has 1 aromatic carbocycles. The molecule has 0 atom stereocenters. The summed E-state index contributed by atoms with van der Waals surface area (Å²) in [5.74, 6) is 2.82. The van der Waals surface area contributed by atoms with E-state index in [1.807, 2.05) is 39.0 Å². The van der Waals surface area contributed by atoms with Gasteiger partial charge in [0.25, 0.3) is 0 Å². The number of ether oxygens (including phenoxy) is 2. The maximum atomic E-state index is 5.81. The SMILES string of the molecule is CCOc1cc(/C=N\n2c(C3CCCCC3)n[nH]c2=S)ccc1OC(C)C. The molecule has 1 saturated carbocycles. The maximum absolute atomic E-state index is 5.81. The summed E-state index contributed by atoms with van der Waals surface area (Å²) < 4.78 is 13.8. The number of aromatic nitrogens is 3. The molecule has 3 rings (SSSR count). The minimum absolute atomic E-state index is 0.0889. The quantitative estimate of drug-likeness (QED) is 0.532. The van der Waals surface area contributed by atoms with Crippen molar-refractivity contribution in [3.63, 3.8) is 0 Å². The van der Waals surface area contributed by atoms with Crippen molar-refractivity contribution in [2.24, 2.45) is 5.10 Å². The molecule has 0 bridgehead atoms. The van der Waals surface area contributed by atoms with E-state index in [0.29, 0.717) is 17.3 Å². The summed E-state index contributed by atoms with van der Waals surface area (Å²) >= 11 is 5.38. The van der Waals surface area contributed by atoms with Gasteiger partial charge in [-0.05, 0) is 69.6 Å². The van der Waals surface area contributed by atoms with Crippen LogP contribution in [-0.4, -0.2) is 33.8 Å². The fourth-order valence-electron chi connectivity index (χ4n) is 3.39. The summed E-state index contributed by atoms with van der Waals surface area (Å²) in [6.07, 6.45) is 7.95. The monoisotopic (exact) mass is 388 g/mol. The average molecular weight is 389 g/mol. The summed E-state index contributed by atoms with van der Waals surface area (Å²) in [5.41, 5.74) is 0.923. The molecular formula is C20H28N4O2S. The first kappa shape index (κ1) is 19.6. The Morgan fingerprint density at radius 3 is 2.78 bits per heavy atom. The molecule has 1 fully saturated rings. The largest absolute Gasteiger partial charge is 0.490 e. The van der Waals surface area contributed by atoms with Crippen molar-refractivity contribution in [3.8, 4) is 11.5 Å². The van der Waals surface area contributed by atoms with E-state index in [2.05, 4.69) is 15.3 Å². The Morgan fingerprint density at radius 2 is 2.07 bits per heavy atom. The minimum Gasteiger partial charge on any atom is -0.490 e. The first-order valence-electron chi connectivity index (χ1n) is 9.73. The van der Waals surface area contributed by atoms with Crippen LogP contribution in [0.5, 0.6) is 11.5 Å². The lowest BCUT2D eigenvalue weighted by Gasteiger charge is -2.19. The number of nitrogens with zero attached hydrogens (tertiary/aromatic N) is 3. The van der Waals surface area contributed by atoms with Gasteiger partial charge in [0, 0.05) is 5.92 Å². The first-order valence-corrected chi connectivity index (χ1v) is 10.1. The number of hydrogen-bond donors (Lipinski definition) is 1. The van der Waals surface area contributed by atoms with E-state index < -0.39 is 0 Å². The van der Waals surface area contributed by atoms with Crippen molar-refractivity contribution >= 4 is 18.4 Å². The van der Waals surface area contributed by atoms with Crippen LogP contribution in [0.3, 0.4) is 0 Å². The molecule has 7 heteroatoms. The van der Waals surface area contributed by atoms with Gasteiger partial charge in [-0.15, -0.1) is 0 Å². The second kappa shape index (κ2) is 9.17. The molecule has 2 aromatic rings. The first-order chi connectivity index (χ1) is 13.1. The molecule has 1 heterocycles. The Kier molecular flexibility index (Phi) is 6.66. The van der Waals surface area contributed by atoms with Gasteiger partial charge >= 0.3 is 0 Å². The Hall–Kier alpha value is -2.15. The summed E-state index contributed by atoms with van der Waals surface area (Å²) in [7, 11) is 0. The summed E-state index contributed by atoms with van der Waals surface area (Å²) in [6, 6.07) is 5.82. The van der Waals surface area contributed by atoms with Crippen molar-refractivity contribution in [1.82, 2.24) is 14.9 Å². The van der Waals surface area contributed by atoms with Crippen LogP contribution in [0.2, 0.25) is 0 Å². The fraction of sp³-hybridized carbons (Fsp3) is 0.550. The van der Waals surface area contributed by atoms with Crippen molar-refractivity contribution in [3.05, 3.63) is 34.4 Å². The van der Waals surface area contributed by atoms with Crippen molar-refractivity contribution < 1.29 is 9.47 Å². The predicted molar refractivity (Wildman–Crippen MR) is 110 cm³/mol. The highest BCUT2D eigenvalue weighted by molar-refractivity contribution is 7.71. The van der Waals surface area contributed by atoms with Crippen LogP contribution in [0, 0.1) is 4.77 Å². The van der Waals surface area contributed by atoms with Crippen LogP contribution in [0.4, 0.5) is 0 Å². The lowest BCUT2D eigenvalue weighted by Crippen LogP contribution is -2.10. The van der Waals surface area contributed by atoms with Gasteiger partial charge in [-0.2, -0.15) is 14.9 Å². The maximum Gasteiger partial charge on any atom is 0.216 e. The molecule has 1 aromatic heterocycles. The molecule has 0 radical (unpaired) electrons. The highest BCUT2D eigenvalue weighted by Gasteiger charge is 2.21. The second-order valence-electron chi connectivity index (χ2n) is 7.08. The number of benzene rings is 1. The zero-order valence-corrected chi connectivity index (χ0v) is 17.1. The van der Waals surface area contributed by atoms with Gasteiger partial charge in [0.15, 0.2) is 17.3 Å². The van der Waals surface area contributed by atoms with E-state index >= 15 is 0 Å². The van der Waals surface area contributed by atoms with Gasteiger partial charge < -0.3 is 9.47 Å². The third kappa shape index (κ3) is 4.97. The van der Waals surface area contributed by atoms with Gasteiger partial charge in [0.1, 0.15) is 0 Å². The van der Waals surface area contributed by atoms with Gasteiger partial charge in [0.05, 0.1) is 18.9 Å². The van der Waals surface area contributed by atoms with Crippen LogP contribution >= 0.6 is 12.2 Å². The van der Waals surface area contributed by atoms with E-state index in [9.17, 15) is 0 Å². The third-order valence-electron chi connectivity index (χ3n) is 4.60. The molecule has 0 saturated heterocycles. The van der Waals surface area contributed by atoms with Gasteiger partial charge in [-0.25, -0.2) is 0 Å². The molecule has 1 N–H and O–H groups in total. The van der Waals surface area contributed by atoms with Crippen LogP contribution in [0.25, 0.3) is 0 Å². The smallest absolute Gasteiger partial charge is 0.216 e. The van der Waals surface area contributed by atoms with E-state index in [4.69, 9.17) is 21.7 Å². The number of nitrogens with one attached hydrogen (secondary N) is 1.